The van der Waals surface area contributed by atoms with Gasteiger partial charge in [0, 0.05) is 11.4 Å². The van der Waals surface area contributed by atoms with Crippen LogP contribution in [0, 0.1) is 13.8 Å². The predicted molar refractivity (Wildman–Crippen MR) is 134 cm³/mol. The van der Waals surface area contributed by atoms with Gasteiger partial charge in [-0.05, 0) is 91.2 Å². The van der Waals surface area contributed by atoms with Gasteiger partial charge in [-0.2, -0.15) is 5.10 Å². The maximum atomic E-state index is 12.1. The molecule has 3 aromatic rings. The number of hydrogen-bond acceptors (Lipinski definition) is 6. The van der Waals surface area contributed by atoms with E-state index in [1.807, 2.05) is 32.0 Å². The maximum absolute atomic E-state index is 12.1. The van der Waals surface area contributed by atoms with Gasteiger partial charge in [0.15, 0.2) is 6.61 Å². The number of amides is 3. The molecule has 0 aliphatic rings. The third-order valence-electron chi connectivity index (χ3n) is 4.69. The summed E-state index contributed by atoms with van der Waals surface area (Å²) < 4.78 is 10.6. The van der Waals surface area contributed by atoms with Gasteiger partial charge >= 0.3 is 11.8 Å². The van der Waals surface area contributed by atoms with Gasteiger partial charge in [-0.25, -0.2) is 5.43 Å². The van der Waals surface area contributed by atoms with Crippen molar-refractivity contribution in [3.63, 3.8) is 0 Å². The van der Waals surface area contributed by atoms with E-state index in [4.69, 9.17) is 9.47 Å². The Labute approximate surface area is 203 Å². The smallest absolute Gasteiger partial charge is 0.329 e. The van der Waals surface area contributed by atoms with Crippen LogP contribution in [0.15, 0.2) is 71.8 Å². The molecule has 0 atom stereocenters. The Morgan fingerprint density at radius 1 is 0.800 bits per heavy atom. The van der Waals surface area contributed by atoms with E-state index in [-0.39, 0.29) is 12.5 Å². The summed E-state index contributed by atoms with van der Waals surface area (Å²) >= 11 is 0. The Kier molecular flexibility index (Phi) is 8.55. The zero-order valence-electron chi connectivity index (χ0n) is 19.6. The molecule has 0 saturated carbocycles. The summed E-state index contributed by atoms with van der Waals surface area (Å²) in [5, 5.41) is 9.06. The van der Waals surface area contributed by atoms with Crippen molar-refractivity contribution >= 4 is 35.3 Å². The van der Waals surface area contributed by atoms with Crippen molar-refractivity contribution in [3.05, 3.63) is 83.4 Å². The molecule has 0 spiro atoms. The molecule has 0 aromatic heterocycles. The highest BCUT2D eigenvalue weighted by molar-refractivity contribution is 6.39. The lowest BCUT2D eigenvalue weighted by molar-refractivity contribution is -0.136. The van der Waals surface area contributed by atoms with E-state index in [2.05, 4.69) is 21.2 Å². The number of ether oxygens (including phenoxy) is 2. The van der Waals surface area contributed by atoms with Crippen molar-refractivity contribution < 1.29 is 23.9 Å². The fraction of sp³-hybridized carbons (Fsp3) is 0.154. The zero-order valence-corrected chi connectivity index (χ0v) is 19.6. The molecule has 0 aliphatic heterocycles. The number of aryl methyl sites for hydroxylation is 2. The number of benzene rings is 3. The fourth-order valence-corrected chi connectivity index (χ4v) is 3.12. The molecule has 35 heavy (non-hydrogen) atoms. The second-order valence-electron chi connectivity index (χ2n) is 7.66. The second kappa shape index (κ2) is 12.0. The minimum Gasteiger partial charge on any atom is -0.497 e. The van der Waals surface area contributed by atoms with E-state index in [9.17, 15) is 14.4 Å². The molecular formula is C26H26N4O5. The lowest BCUT2D eigenvalue weighted by atomic mass is 10.1. The summed E-state index contributed by atoms with van der Waals surface area (Å²) in [6.45, 7) is 3.79. The van der Waals surface area contributed by atoms with Crippen LogP contribution in [0.1, 0.15) is 16.7 Å². The molecule has 9 heteroatoms. The molecule has 3 amide bonds. The van der Waals surface area contributed by atoms with Crippen LogP contribution in [0.25, 0.3) is 0 Å². The standard InChI is InChI=1S/C26H26N4O5/c1-17-12-18(2)14-21(13-17)28-24(31)16-35-23-8-4-19(5-9-23)15-27-30-26(33)25(32)29-20-6-10-22(34-3)11-7-20/h4-15H,16H2,1-3H3,(H,28,31)(H,29,32)(H,30,33)/b27-15-. The Bertz CT molecular complexity index is 1200. The minimum atomic E-state index is -0.910. The van der Waals surface area contributed by atoms with Crippen LogP contribution in [-0.2, 0) is 14.4 Å². The van der Waals surface area contributed by atoms with Crippen molar-refractivity contribution in [1.29, 1.82) is 0 Å². The van der Waals surface area contributed by atoms with Gasteiger partial charge in [-0.3, -0.25) is 14.4 Å². The van der Waals surface area contributed by atoms with Gasteiger partial charge in [0.2, 0.25) is 0 Å². The highest BCUT2D eigenvalue weighted by Crippen LogP contribution is 2.16. The molecule has 3 N–H and O–H groups in total. The summed E-state index contributed by atoms with van der Waals surface area (Å²) in [5.74, 6) is -0.895. The summed E-state index contributed by atoms with van der Waals surface area (Å²) in [4.78, 5) is 36.0. The number of hydrogen-bond donors (Lipinski definition) is 3. The van der Waals surface area contributed by atoms with Crippen LogP contribution in [-0.4, -0.2) is 37.7 Å². The lowest BCUT2D eigenvalue weighted by Gasteiger charge is -2.09. The SMILES string of the molecule is COc1ccc(NC(=O)C(=O)N/N=C\c2ccc(OCC(=O)Nc3cc(C)cc(C)c3)cc2)cc1. The highest BCUT2D eigenvalue weighted by atomic mass is 16.5. The fourth-order valence-electron chi connectivity index (χ4n) is 3.12. The van der Waals surface area contributed by atoms with Crippen molar-refractivity contribution in [2.75, 3.05) is 24.4 Å². The van der Waals surface area contributed by atoms with Gasteiger partial charge < -0.3 is 20.1 Å². The molecule has 0 bridgehead atoms. The predicted octanol–water partition coefficient (Wildman–Crippen LogP) is 3.42. The molecule has 0 saturated heterocycles. The summed E-state index contributed by atoms with van der Waals surface area (Å²) in [6, 6.07) is 19.1. The summed E-state index contributed by atoms with van der Waals surface area (Å²) in [5.41, 5.74) is 6.13. The first-order valence-corrected chi connectivity index (χ1v) is 10.7. The third kappa shape index (κ3) is 8.01. The van der Waals surface area contributed by atoms with Gasteiger partial charge in [0.25, 0.3) is 5.91 Å². The van der Waals surface area contributed by atoms with Crippen LogP contribution < -0.4 is 25.5 Å². The molecule has 0 radical (unpaired) electrons. The average Bonchev–Trinajstić information content (AvgIpc) is 2.83. The van der Waals surface area contributed by atoms with Crippen molar-refractivity contribution in [1.82, 2.24) is 5.43 Å². The number of nitrogens with one attached hydrogen (secondary N) is 3. The quantitative estimate of drug-likeness (QED) is 0.263. The van der Waals surface area contributed by atoms with Crippen molar-refractivity contribution in [2.24, 2.45) is 5.10 Å². The van der Waals surface area contributed by atoms with Crippen LogP contribution in [0.5, 0.6) is 11.5 Å². The van der Waals surface area contributed by atoms with Crippen molar-refractivity contribution in [2.45, 2.75) is 13.8 Å². The number of nitrogens with zero attached hydrogens (tertiary/aromatic N) is 1. The zero-order chi connectivity index (χ0) is 25.2. The molecule has 180 valence electrons. The molecule has 3 rings (SSSR count). The van der Waals surface area contributed by atoms with E-state index in [0.717, 1.165) is 16.8 Å². The maximum Gasteiger partial charge on any atom is 0.329 e. The number of carbonyl (C=O) groups excluding carboxylic acids is 3. The third-order valence-corrected chi connectivity index (χ3v) is 4.69. The van der Waals surface area contributed by atoms with Crippen LogP contribution >= 0.6 is 0 Å². The topological polar surface area (TPSA) is 118 Å². The second-order valence-corrected chi connectivity index (χ2v) is 7.66. The van der Waals surface area contributed by atoms with Crippen LogP contribution in [0.4, 0.5) is 11.4 Å². The Balaban J connectivity index is 1.43. The van der Waals surface area contributed by atoms with Gasteiger partial charge in [0.1, 0.15) is 11.5 Å². The molecule has 0 fully saturated rings. The van der Waals surface area contributed by atoms with E-state index < -0.39 is 11.8 Å². The molecule has 9 nitrogen and oxygen atoms in total. The lowest BCUT2D eigenvalue weighted by Crippen LogP contribution is -2.32. The van der Waals surface area contributed by atoms with Gasteiger partial charge in [-0.1, -0.05) is 6.07 Å². The number of rotatable bonds is 8. The molecular weight excluding hydrogens is 448 g/mol. The van der Waals surface area contributed by atoms with Crippen LogP contribution in [0.3, 0.4) is 0 Å². The largest absolute Gasteiger partial charge is 0.497 e. The Morgan fingerprint density at radius 3 is 2.06 bits per heavy atom. The number of anilines is 2. The van der Waals surface area contributed by atoms with E-state index >= 15 is 0 Å². The van der Waals surface area contributed by atoms with E-state index in [0.29, 0.717) is 22.7 Å². The molecule has 0 heterocycles. The number of hydrazone groups is 1. The number of methoxy groups -OCH3 is 1. The first kappa shape index (κ1) is 25.0. The van der Waals surface area contributed by atoms with Crippen molar-refractivity contribution in [3.8, 4) is 11.5 Å². The monoisotopic (exact) mass is 474 g/mol. The molecule has 0 aliphatic carbocycles. The Hall–Kier alpha value is -4.66. The molecule has 0 unspecified atom stereocenters. The van der Waals surface area contributed by atoms with E-state index in [1.54, 1.807) is 48.5 Å². The van der Waals surface area contributed by atoms with Gasteiger partial charge in [-0.15, -0.1) is 0 Å². The normalized spacial score (nSPS) is 10.5. The Morgan fingerprint density at radius 2 is 1.43 bits per heavy atom. The minimum absolute atomic E-state index is 0.139. The molecule has 3 aromatic carbocycles. The van der Waals surface area contributed by atoms with Gasteiger partial charge in [0.05, 0.1) is 13.3 Å². The highest BCUT2D eigenvalue weighted by Gasteiger charge is 2.12. The summed E-state index contributed by atoms with van der Waals surface area (Å²) in [6.07, 6.45) is 1.38. The van der Waals surface area contributed by atoms with E-state index in [1.165, 1.54) is 13.3 Å². The number of carbonyl (C=O) groups is 3. The first-order chi connectivity index (χ1) is 16.8. The van der Waals surface area contributed by atoms with Crippen LogP contribution in [0.2, 0.25) is 0 Å². The first-order valence-electron chi connectivity index (χ1n) is 10.7. The summed E-state index contributed by atoms with van der Waals surface area (Å²) in [7, 11) is 1.53. The average molecular weight is 475 g/mol.